The molecule has 0 aliphatic carbocycles. The number of alkyl carbamates (subject to hydrolysis) is 1. The highest BCUT2D eigenvalue weighted by atomic mass is 16.6. The van der Waals surface area contributed by atoms with Gasteiger partial charge in [-0.15, -0.1) is 5.10 Å². The topological polar surface area (TPSA) is 102 Å². The van der Waals surface area contributed by atoms with E-state index in [1.54, 1.807) is 4.68 Å². The van der Waals surface area contributed by atoms with Gasteiger partial charge in [-0.2, -0.15) is 0 Å². The Hall–Kier alpha value is -2.19. The van der Waals surface area contributed by atoms with Gasteiger partial charge < -0.3 is 15.0 Å². The van der Waals surface area contributed by atoms with Crippen LogP contribution >= 0.6 is 0 Å². The first-order valence-electron chi connectivity index (χ1n) is 8.19. The summed E-state index contributed by atoms with van der Waals surface area (Å²) in [5.41, 5.74) is -0.432. The second-order valence-electron chi connectivity index (χ2n) is 6.56. The molecule has 0 bridgehead atoms. The zero-order valence-corrected chi connectivity index (χ0v) is 12.9. The van der Waals surface area contributed by atoms with E-state index in [2.05, 4.69) is 20.8 Å². The first-order chi connectivity index (χ1) is 11.2. The molecule has 23 heavy (non-hydrogen) atoms. The van der Waals surface area contributed by atoms with Crippen molar-refractivity contribution in [2.75, 3.05) is 19.6 Å². The summed E-state index contributed by atoms with van der Waals surface area (Å²) in [6, 6.07) is 0. The van der Waals surface area contributed by atoms with Gasteiger partial charge >= 0.3 is 6.09 Å². The Morgan fingerprint density at radius 3 is 2.83 bits per heavy atom. The minimum atomic E-state index is -0.432. The Morgan fingerprint density at radius 1 is 1.26 bits per heavy atom. The quantitative estimate of drug-likeness (QED) is 0.784. The van der Waals surface area contributed by atoms with Crippen molar-refractivity contribution in [3.63, 3.8) is 0 Å². The van der Waals surface area contributed by atoms with E-state index in [0.29, 0.717) is 38.3 Å². The molecule has 9 heteroatoms. The molecule has 1 aromatic rings. The maximum absolute atomic E-state index is 12.9. The van der Waals surface area contributed by atoms with Gasteiger partial charge in [-0.25, -0.2) is 9.48 Å². The third kappa shape index (κ3) is 2.53. The molecule has 1 atom stereocenters. The minimum Gasteiger partial charge on any atom is -0.441 e. The van der Waals surface area contributed by atoms with Crippen LogP contribution in [-0.4, -0.2) is 62.3 Å². The largest absolute Gasteiger partial charge is 0.441 e. The van der Waals surface area contributed by atoms with Gasteiger partial charge in [-0.1, -0.05) is 6.42 Å². The number of nitrogens with one attached hydrogen (secondary N) is 1. The number of nitrogens with zero attached hydrogens (tertiary/aromatic N) is 5. The molecule has 3 aliphatic rings. The van der Waals surface area contributed by atoms with Crippen LogP contribution in [0, 0.1) is 0 Å². The number of carbonyl (C=O) groups excluding carboxylic acids is 2. The fourth-order valence-electron chi connectivity index (χ4n) is 3.73. The number of aryl methyl sites for hydroxylation is 1. The van der Waals surface area contributed by atoms with Crippen LogP contribution in [0.2, 0.25) is 0 Å². The van der Waals surface area contributed by atoms with E-state index in [1.165, 1.54) is 0 Å². The van der Waals surface area contributed by atoms with Crippen molar-refractivity contribution in [3.8, 4) is 0 Å². The summed E-state index contributed by atoms with van der Waals surface area (Å²) in [6.45, 7) is 2.52. The van der Waals surface area contributed by atoms with Gasteiger partial charge in [0, 0.05) is 32.5 Å². The summed E-state index contributed by atoms with van der Waals surface area (Å²) in [6.07, 6.45) is 3.77. The predicted octanol–water partition coefficient (Wildman–Crippen LogP) is 0.0416. The molecule has 0 saturated carbocycles. The summed E-state index contributed by atoms with van der Waals surface area (Å²) >= 11 is 0. The summed E-state index contributed by atoms with van der Waals surface area (Å²) in [5, 5.41) is 14.5. The molecule has 2 saturated heterocycles. The van der Waals surface area contributed by atoms with Crippen LogP contribution in [0.5, 0.6) is 0 Å². The number of likely N-dealkylation sites (tertiary alicyclic amines) is 1. The fraction of sp³-hybridized carbons (Fsp3) is 0.786. The van der Waals surface area contributed by atoms with E-state index in [9.17, 15) is 9.59 Å². The zero-order chi connectivity index (χ0) is 15.9. The fourth-order valence-corrected chi connectivity index (χ4v) is 3.73. The van der Waals surface area contributed by atoms with E-state index in [1.807, 2.05) is 4.90 Å². The smallest absolute Gasteiger partial charge is 0.407 e. The highest BCUT2D eigenvalue weighted by molar-refractivity contribution is 5.83. The number of carbonyl (C=O) groups is 2. The molecule has 3 aliphatic heterocycles. The lowest BCUT2D eigenvalue weighted by Crippen LogP contribution is -2.49. The Labute approximate surface area is 133 Å². The predicted molar refractivity (Wildman–Crippen MR) is 77.4 cm³/mol. The number of amides is 2. The number of ether oxygens (including phenoxy) is 1. The number of fused-ring (bicyclic) bond motifs is 1. The van der Waals surface area contributed by atoms with Crippen LogP contribution < -0.4 is 5.32 Å². The lowest BCUT2D eigenvalue weighted by atomic mass is 9.90. The molecule has 9 nitrogen and oxygen atoms in total. The molecule has 1 aromatic heterocycles. The lowest BCUT2D eigenvalue weighted by Gasteiger charge is -2.38. The van der Waals surface area contributed by atoms with Crippen LogP contribution in [0.4, 0.5) is 4.79 Å². The second-order valence-corrected chi connectivity index (χ2v) is 6.56. The summed E-state index contributed by atoms with van der Waals surface area (Å²) < 4.78 is 7.16. The van der Waals surface area contributed by atoms with E-state index in [0.717, 1.165) is 25.8 Å². The van der Waals surface area contributed by atoms with Crippen molar-refractivity contribution >= 4 is 12.0 Å². The maximum Gasteiger partial charge on any atom is 0.407 e. The Morgan fingerprint density at radius 2 is 2.09 bits per heavy atom. The number of hydrogen-bond donors (Lipinski definition) is 1. The van der Waals surface area contributed by atoms with Gasteiger partial charge in [-0.3, -0.25) is 4.79 Å². The number of aromatic nitrogens is 4. The number of piperidine rings is 1. The SMILES string of the molecule is O=C1NCC2(CCN(C(=O)C3CCCCn4nnnc43)CC2)O1. The van der Waals surface area contributed by atoms with E-state index >= 15 is 0 Å². The molecule has 0 aromatic carbocycles. The molecule has 4 rings (SSSR count). The van der Waals surface area contributed by atoms with Crippen LogP contribution in [0.1, 0.15) is 43.8 Å². The van der Waals surface area contributed by atoms with E-state index in [-0.39, 0.29) is 17.9 Å². The minimum absolute atomic E-state index is 0.0927. The van der Waals surface area contributed by atoms with Crippen molar-refractivity contribution < 1.29 is 14.3 Å². The third-order valence-electron chi connectivity index (χ3n) is 5.13. The Bertz CT molecular complexity index is 622. The number of rotatable bonds is 1. The normalized spacial score (nSPS) is 26.3. The standard InChI is InChI=1S/C14H20N6O3/c21-12(10-3-1-2-6-20-11(10)16-17-18-20)19-7-4-14(5-8-19)9-15-13(22)23-14/h10H,1-9H2,(H,15,22). The van der Waals surface area contributed by atoms with Gasteiger partial charge in [0.2, 0.25) is 5.91 Å². The zero-order valence-electron chi connectivity index (χ0n) is 12.9. The maximum atomic E-state index is 12.9. The van der Waals surface area contributed by atoms with Gasteiger partial charge in [0.05, 0.1) is 12.5 Å². The molecule has 1 spiro atoms. The van der Waals surface area contributed by atoms with E-state index < -0.39 is 5.60 Å². The Balaban J connectivity index is 1.45. The Kier molecular flexibility index (Phi) is 3.42. The molecule has 0 radical (unpaired) electrons. The summed E-state index contributed by atoms with van der Waals surface area (Å²) in [4.78, 5) is 26.1. The van der Waals surface area contributed by atoms with Crippen molar-refractivity contribution in [1.82, 2.24) is 30.4 Å². The molecular weight excluding hydrogens is 300 g/mol. The van der Waals surface area contributed by atoms with Crippen LogP contribution in [0.15, 0.2) is 0 Å². The van der Waals surface area contributed by atoms with Crippen molar-refractivity contribution in [1.29, 1.82) is 0 Å². The van der Waals surface area contributed by atoms with Gasteiger partial charge in [-0.05, 0) is 23.3 Å². The molecule has 1 unspecified atom stereocenters. The molecule has 2 fully saturated rings. The molecule has 4 heterocycles. The van der Waals surface area contributed by atoms with Crippen LogP contribution in [0.3, 0.4) is 0 Å². The third-order valence-corrected chi connectivity index (χ3v) is 5.13. The lowest BCUT2D eigenvalue weighted by molar-refractivity contribution is -0.136. The number of tetrazole rings is 1. The molecule has 1 N–H and O–H groups in total. The van der Waals surface area contributed by atoms with Gasteiger partial charge in [0.15, 0.2) is 5.82 Å². The van der Waals surface area contributed by atoms with E-state index in [4.69, 9.17) is 4.74 Å². The summed E-state index contributed by atoms with van der Waals surface area (Å²) in [5.74, 6) is 0.516. The second kappa shape index (κ2) is 5.47. The first-order valence-corrected chi connectivity index (χ1v) is 8.19. The highest BCUT2D eigenvalue weighted by Crippen LogP contribution is 2.32. The summed E-state index contributed by atoms with van der Waals surface area (Å²) in [7, 11) is 0. The van der Waals surface area contributed by atoms with Gasteiger partial charge in [0.25, 0.3) is 0 Å². The first kappa shape index (κ1) is 14.4. The van der Waals surface area contributed by atoms with Gasteiger partial charge in [0.1, 0.15) is 5.60 Å². The highest BCUT2D eigenvalue weighted by Gasteiger charge is 2.44. The average molecular weight is 320 g/mol. The molecule has 2 amide bonds. The van der Waals surface area contributed by atoms with Crippen molar-refractivity contribution in [2.45, 2.75) is 50.2 Å². The van der Waals surface area contributed by atoms with Crippen LogP contribution in [-0.2, 0) is 16.1 Å². The molecular formula is C14H20N6O3. The molecule has 124 valence electrons. The van der Waals surface area contributed by atoms with Crippen molar-refractivity contribution in [2.24, 2.45) is 0 Å². The number of hydrogen-bond acceptors (Lipinski definition) is 6. The van der Waals surface area contributed by atoms with Crippen molar-refractivity contribution in [3.05, 3.63) is 5.82 Å². The van der Waals surface area contributed by atoms with Crippen LogP contribution in [0.25, 0.3) is 0 Å². The average Bonchev–Trinajstić information content (AvgIpc) is 3.10. The monoisotopic (exact) mass is 320 g/mol.